The summed E-state index contributed by atoms with van der Waals surface area (Å²) in [5.41, 5.74) is 2.38. The van der Waals surface area contributed by atoms with Gasteiger partial charge in [0.25, 0.3) is 0 Å². The summed E-state index contributed by atoms with van der Waals surface area (Å²) in [6.07, 6.45) is 1.97. The van der Waals surface area contributed by atoms with Gasteiger partial charge in [0, 0.05) is 10.0 Å². The van der Waals surface area contributed by atoms with E-state index in [2.05, 4.69) is 12.2 Å². The van der Waals surface area contributed by atoms with E-state index in [0.29, 0.717) is 0 Å². The predicted molar refractivity (Wildman–Crippen MR) is 116 cm³/mol. The molecule has 152 valence electrons. The fourth-order valence-corrected chi connectivity index (χ4v) is 4.61. The highest BCUT2D eigenvalue weighted by atomic mass is 35.5. The second-order valence-electron chi connectivity index (χ2n) is 6.69. The minimum Gasteiger partial charge on any atom is -0.348 e. The molecule has 0 aliphatic carbocycles. The molecule has 28 heavy (non-hydrogen) atoms. The molecule has 8 heteroatoms. The number of hydrogen-bond acceptors (Lipinski definition) is 3. The van der Waals surface area contributed by atoms with Gasteiger partial charge in [-0.15, -0.1) is 0 Å². The zero-order chi connectivity index (χ0) is 21.1. The first-order valence-corrected chi connectivity index (χ1v) is 11.5. The Kier molecular flexibility index (Phi) is 7.37. The average Bonchev–Trinajstić information content (AvgIpc) is 2.59. The van der Waals surface area contributed by atoms with Crippen molar-refractivity contribution in [1.29, 1.82) is 0 Å². The highest BCUT2D eigenvalue weighted by molar-refractivity contribution is 7.92. The first-order chi connectivity index (χ1) is 13.0. The summed E-state index contributed by atoms with van der Waals surface area (Å²) in [7, 11) is -3.75. The molecule has 0 bridgehead atoms. The van der Waals surface area contributed by atoms with E-state index < -0.39 is 22.0 Å². The minimum atomic E-state index is -3.75. The van der Waals surface area contributed by atoms with Crippen LogP contribution in [-0.2, 0) is 21.2 Å². The van der Waals surface area contributed by atoms with Crippen LogP contribution in [0.25, 0.3) is 0 Å². The summed E-state index contributed by atoms with van der Waals surface area (Å²) < 4.78 is 25.8. The third kappa shape index (κ3) is 5.63. The minimum absolute atomic E-state index is 0.239. The van der Waals surface area contributed by atoms with Crippen molar-refractivity contribution in [2.45, 2.75) is 39.3 Å². The van der Waals surface area contributed by atoms with Crippen LogP contribution in [0.2, 0.25) is 10.0 Å². The number of anilines is 1. The molecule has 0 saturated carbocycles. The number of carbonyl (C=O) groups excluding carboxylic acids is 1. The number of benzene rings is 2. The molecule has 0 aromatic heterocycles. The summed E-state index contributed by atoms with van der Waals surface area (Å²) in [5.74, 6) is -0.423. The number of rotatable bonds is 7. The molecule has 0 saturated heterocycles. The van der Waals surface area contributed by atoms with Gasteiger partial charge in [-0.3, -0.25) is 9.10 Å². The van der Waals surface area contributed by atoms with E-state index >= 15 is 0 Å². The maximum Gasteiger partial charge on any atom is 0.244 e. The van der Waals surface area contributed by atoms with Crippen molar-refractivity contribution in [2.24, 2.45) is 0 Å². The Hall–Kier alpha value is -1.76. The van der Waals surface area contributed by atoms with Gasteiger partial charge in [-0.25, -0.2) is 8.42 Å². The lowest BCUT2D eigenvalue weighted by atomic mass is 10.0. The normalized spacial score (nSPS) is 13.6. The maximum atomic E-state index is 12.8. The van der Waals surface area contributed by atoms with Crippen LogP contribution in [-0.4, -0.2) is 26.6 Å². The highest BCUT2D eigenvalue weighted by Gasteiger charge is 2.30. The van der Waals surface area contributed by atoms with Crippen molar-refractivity contribution in [3.05, 3.63) is 63.6 Å². The predicted octanol–water partition coefficient (Wildman–Crippen LogP) is 4.59. The molecule has 2 atom stereocenters. The van der Waals surface area contributed by atoms with E-state index in [4.69, 9.17) is 23.2 Å². The number of sulfonamides is 1. The van der Waals surface area contributed by atoms with Gasteiger partial charge in [0.1, 0.15) is 6.04 Å². The van der Waals surface area contributed by atoms with Gasteiger partial charge >= 0.3 is 0 Å². The molecule has 0 aliphatic heterocycles. The Bertz CT molecular complexity index is 926. The van der Waals surface area contributed by atoms with Crippen molar-refractivity contribution in [2.75, 3.05) is 10.6 Å². The summed E-state index contributed by atoms with van der Waals surface area (Å²) in [5, 5.41) is 3.44. The summed E-state index contributed by atoms with van der Waals surface area (Å²) >= 11 is 12.0. The van der Waals surface area contributed by atoms with Crippen LogP contribution in [0.3, 0.4) is 0 Å². The van der Waals surface area contributed by atoms with Gasteiger partial charge in [0.2, 0.25) is 15.9 Å². The third-order valence-corrected chi connectivity index (χ3v) is 6.12. The summed E-state index contributed by atoms with van der Waals surface area (Å²) in [6, 6.07) is 11.1. The van der Waals surface area contributed by atoms with Crippen LogP contribution in [0, 0.1) is 0 Å². The quantitative estimate of drug-likeness (QED) is 0.681. The first-order valence-electron chi connectivity index (χ1n) is 8.87. The van der Waals surface area contributed by atoms with Crippen LogP contribution in [0.1, 0.15) is 37.9 Å². The number of carbonyl (C=O) groups is 1. The van der Waals surface area contributed by atoms with Crippen molar-refractivity contribution < 1.29 is 13.2 Å². The van der Waals surface area contributed by atoms with Crippen LogP contribution >= 0.6 is 23.2 Å². The Morgan fingerprint density at radius 2 is 1.61 bits per heavy atom. The summed E-state index contributed by atoms with van der Waals surface area (Å²) in [4.78, 5) is 12.8. The lowest BCUT2D eigenvalue weighted by Crippen LogP contribution is -2.48. The van der Waals surface area contributed by atoms with Gasteiger partial charge in [-0.1, -0.05) is 54.4 Å². The first kappa shape index (κ1) is 22.5. The van der Waals surface area contributed by atoms with Crippen LogP contribution in [0.15, 0.2) is 42.5 Å². The van der Waals surface area contributed by atoms with Crippen molar-refractivity contribution in [1.82, 2.24) is 5.32 Å². The second kappa shape index (κ2) is 9.16. The van der Waals surface area contributed by atoms with Crippen LogP contribution < -0.4 is 9.62 Å². The molecule has 0 aliphatic rings. The standard InChI is InChI=1S/C20H24Cl2N2O3S/c1-5-15-6-8-16(9-7-15)13(2)23-20(25)14(3)24(28(4,26)27)19-11-17(21)10-18(22)12-19/h6-14H,5H2,1-4H3,(H,23,25). The number of halogens is 2. The Labute approximate surface area is 176 Å². The smallest absolute Gasteiger partial charge is 0.244 e. The fraction of sp³-hybridized carbons (Fsp3) is 0.350. The lowest BCUT2D eigenvalue weighted by Gasteiger charge is -2.29. The van der Waals surface area contributed by atoms with E-state index in [1.54, 1.807) is 0 Å². The molecule has 2 unspecified atom stereocenters. The fourth-order valence-electron chi connectivity index (χ4n) is 2.93. The summed E-state index contributed by atoms with van der Waals surface area (Å²) in [6.45, 7) is 5.45. The third-order valence-electron chi connectivity index (χ3n) is 4.44. The number of amides is 1. The van der Waals surface area contributed by atoms with E-state index in [1.165, 1.54) is 30.7 Å². The van der Waals surface area contributed by atoms with Crippen LogP contribution in [0.5, 0.6) is 0 Å². The van der Waals surface area contributed by atoms with Crippen molar-refractivity contribution in [3.63, 3.8) is 0 Å². The molecule has 2 rings (SSSR count). The van der Waals surface area contributed by atoms with Crippen molar-refractivity contribution >= 4 is 44.8 Å². The molecule has 2 aromatic carbocycles. The molecular formula is C20H24Cl2N2O3S. The van der Waals surface area contributed by atoms with Gasteiger partial charge in [0.15, 0.2) is 0 Å². The number of nitrogens with one attached hydrogen (secondary N) is 1. The monoisotopic (exact) mass is 442 g/mol. The average molecular weight is 443 g/mol. The Balaban J connectivity index is 2.25. The van der Waals surface area contributed by atoms with E-state index in [9.17, 15) is 13.2 Å². The Morgan fingerprint density at radius 1 is 1.07 bits per heavy atom. The van der Waals surface area contributed by atoms with E-state index in [1.807, 2.05) is 31.2 Å². The van der Waals surface area contributed by atoms with Gasteiger partial charge in [0.05, 0.1) is 18.0 Å². The zero-order valence-electron chi connectivity index (χ0n) is 16.2. The molecule has 0 radical (unpaired) electrons. The zero-order valence-corrected chi connectivity index (χ0v) is 18.6. The second-order valence-corrected chi connectivity index (χ2v) is 9.42. The molecule has 0 heterocycles. The number of aryl methyl sites for hydroxylation is 1. The molecule has 2 aromatic rings. The molecule has 1 N–H and O–H groups in total. The Morgan fingerprint density at radius 3 is 2.07 bits per heavy atom. The van der Waals surface area contributed by atoms with Gasteiger partial charge in [-0.05, 0) is 49.6 Å². The molecule has 0 spiro atoms. The van der Waals surface area contributed by atoms with E-state index in [0.717, 1.165) is 22.5 Å². The number of hydrogen-bond donors (Lipinski definition) is 1. The molecule has 5 nitrogen and oxygen atoms in total. The highest BCUT2D eigenvalue weighted by Crippen LogP contribution is 2.29. The largest absolute Gasteiger partial charge is 0.348 e. The molecular weight excluding hydrogens is 419 g/mol. The molecule has 1 amide bonds. The van der Waals surface area contributed by atoms with Gasteiger partial charge in [-0.2, -0.15) is 0 Å². The lowest BCUT2D eigenvalue weighted by molar-refractivity contribution is -0.122. The van der Waals surface area contributed by atoms with Gasteiger partial charge < -0.3 is 5.32 Å². The number of nitrogens with zero attached hydrogens (tertiary/aromatic N) is 1. The topological polar surface area (TPSA) is 66.5 Å². The SMILES string of the molecule is CCc1ccc(C(C)NC(=O)C(C)N(c2cc(Cl)cc(Cl)c2)S(C)(=O)=O)cc1. The maximum absolute atomic E-state index is 12.8. The van der Waals surface area contributed by atoms with E-state index in [-0.39, 0.29) is 21.8 Å². The molecule has 0 fully saturated rings. The van der Waals surface area contributed by atoms with Crippen molar-refractivity contribution in [3.8, 4) is 0 Å². The van der Waals surface area contributed by atoms with Crippen LogP contribution in [0.4, 0.5) is 5.69 Å².